The molecule has 0 radical (unpaired) electrons. The molecule has 1 aromatic heterocycles. The van der Waals surface area contributed by atoms with Crippen molar-refractivity contribution in [2.75, 3.05) is 7.11 Å². The first-order valence-electron chi connectivity index (χ1n) is 5.69. The van der Waals surface area contributed by atoms with Gasteiger partial charge < -0.3 is 4.74 Å². The van der Waals surface area contributed by atoms with Crippen molar-refractivity contribution in [2.24, 2.45) is 0 Å². The minimum Gasteiger partial charge on any atom is -0.481 e. The molecule has 0 saturated carbocycles. The smallest absolute Gasteiger partial charge is 0.217 e. The van der Waals surface area contributed by atoms with Crippen LogP contribution in [0.25, 0.3) is 0 Å². The highest BCUT2D eigenvalue weighted by atomic mass is 32.2. The Bertz CT molecular complexity index is 489. The van der Waals surface area contributed by atoms with Gasteiger partial charge in [0.1, 0.15) is 0 Å². The van der Waals surface area contributed by atoms with Gasteiger partial charge in [0.15, 0.2) is 0 Å². The number of aromatic nitrogens is 1. The Morgan fingerprint density at radius 1 is 1.33 bits per heavy atom. The third-order valence-electron chi connectivity index (χ3n) is 2.61. The van der Waals surface area contributed by atoms with E-state index in [4.69, 9.17) is 4.74 Å². The highest BCUT2D eigenvalue weighted by Gasteiger charge is 2.30. The van der Waals surface area contributed by atoms with Crippen molar-refractivity contribution in [3.63, 3.8) is 0 Å². The molecular formula is C12H20N2O3S. The van der Waals surface area contributed by atoms with Crippen molar-refractivity contribution >= 4 is 10.0 Å². The molecule has 102 valence electrons. The largest absolute Gasteiger partial charge is 0.481 e. The molecule has 18 heavy (non-hydrogen) atoms. The molecule has 1 rings (SSSR count). The topological polar surface area (TPSA) is 68.3 Å². The summed E-state index contributed by atoms with van der Waals surface area (Å²) in [6, 6.07) is 3.17. The summed E-state index contributed by atoms with van der Waals surface area (Å²) in [6.07, 6.45) is 1.61. The third kappa shape index (κ3) is 3.43. The minimum atomic E-state index is -3.37. The van der Waals surface area contributed by atoms with Crippen molar-refractivity contribution in [3.05, 3.63) is 23.9 Å². The zero-order valence-electron chi connectivity index (χ0n) is 11.4. The number of hydrogen-bond donors (Lipinski definition) is 1. The Labute approximate surface area is 109 Å². The molecule has 0 aliphatic carbocycles. The van der Waals surface area contributed by atoms with Crippen LogP contribution in [0.15, 0.2) is 18.3 Å². The van der Waals surface area contributed by atoms with Gasteiger partial charge in [-0.05, 0) is 33.3 Å². The van der Waals surface area contributed by atoms with Gasteiger partial charge in [-0.2, -0.15) is 0 Å². The van der Waals surface area contributed by atoms with E-state index in [1.165, 1.54) is 7.11 Å². The van der Waals surface area contributed by atoms with Crippen LogP contribution >= 0.6 is 0 Å². The molecule has 0 saturated heterocycles. The standard InChI is InChI=1S/C12H20N2O3S/c1-9(14-18(15,16)12(2,3)4)10-6-7-11(17-5)13-8-10/h6-9,14H,1-5H3/t9-/m0/s1. The number of methoxy groups -OCH3 is 1. The van der Waals surface area contributed by atoms with Crippen molar-refractivity contribution < 1.29 is 13.2 Å². The molecule has 1 aromatic rings. The van der Waals surface area contributed by atoms with E-state index in [1.54, 1.807) is 46.0 Å². The Balaban J connectivity index is 2.86. The minimum absolute atomic E-state index is 0.326. The summed E-state index contributed by atoms with van der Waals surface area (Å²) in [5.74, 6) is 0.504. The molecule has 0 aromatic carbocycles. The molecule has 1 N–H and O–H groups in total. The zero-order valence-corrected chi connectivity index (χ0v) is 12.2. The van der Waals surface area contributed by atoms with E-state index in [-0.39, 0.29) is 6.04 Å². The summed E-state index contributed by atoms with van der Waals surface area (Å²) >= 11 is 0. The Hall–Kier alpha value is -1.14. The summed E-state index contributed by atoms with van der Waals surface area (Å²) in [6.45, 7) is 6.77. The predicted molar refractivity (Wildman–Crippen MR) is 71.0 cm³/mol. The molecule has 6 heteroatoms. The Kier molecular flexibility index (Phi) is 4.34. The second-order valence-corrected chi connectivity index (χ2v) is 7.56. The van der Waals surface area contributed by atoms with E-state index in [1.807, 2.05) is 0 Å². The lowest BCUT2D eigenvalue weighted by molar-refractivity contribution is 0.397. The lowest BCUT2D eigenvalue weighted by atomic mass is 10.2. The van der Waals surface area contributed by atoms with Crippen molar-refractivity contribution in [1.82, 2.24) is 9.71 Å². The van der Waals surface area contributed by atoms with Gasteiger partial charge in [-0.1, -0.05) is 6.07 Å². The SMILES string of the molecule is COc1ccc([C@H](C)NS(=O)(=O)C(C)(C)C)cn1. The highest BCUT2D eigenvalue weighted by Crippen LogP contribution is 2.20. The van der Waals surface area contributed by atoms with Gasteiger partial charge in [-0.25, -0.2) is 18.1 Å². The van der Waals surface area contributed by atoms with Crippen LogP contribution in [0.2, 0.25) is 0 Å². The van der Waals surface area contributed by atoms with E-state index in [0.29, 0.717) is 5.88 Å². The van der Waals surface area contributed by atoms with Gasteiger partial charge in [0.05, 0.1) is 11.9 Å². The van der Waals surface area contributed by atoms with Gasteiger partial charge >= 0.3 is 0 Å². The number of sulfonamides is 1. The van der Waals surface area contributed by atoms with Crippen molar-refractivity contribution in [1.29, 1.82) is 0 Å². The fraction of sp³-hybridized carbons (Fsp3) is 0.583. The lowest BCUT2D eigenvalue weighted by Gasteiger charge is -2.23. The number of rotatable bonds is 4. The van der Waals surface area contributed by atoms with Gasteiger partial charge in [0.25, 0.3) is 0 Å². The summed E-state index contributed by atoms with van der Waals surface area (Å²) in [5, 5.41) is 0. The molecule has 0 aliphatic rings. The first-order chi connectivity index (χ1) is 8.17. The third-order valence-corrected chi connectivity index (χ3v) is 4.88. The zero-order chi connectivity index (χ0) is 14.0. The fourth-order valence-corrected chi connectivity index (χ4v) is 2.20. The second kappa shape index (κ2) is 5.24. The van der Waals surface area contributed by atoms with Crippen LogP contribution in [0, 0.1) is 0 Å². The fourth-order valence-electron chi connectivity index (χ4n) is 1.25. The van der Waals surface area contributed by atoms with E-state index in [0.717, 1.165) is 5.56 Å². The van der Waals surface area contributed by atoms with Gasteiger partial charge in [0.2, 0.25) is 15.9 Å². The van der Waals surface area contributed by atoms with Crippen molar-refractivity contribution in [2.45, 2.75) is 38.5 Å². The average Bonchev–Trinajstić information content (AvgIpc) is 2.27. The van der Waals surface area contributed by atoms with Crippen LogP contribution in [-0.2, 0) is 10.0 Å². The summed E-state index contributed by atoms with van der Waals surface area (Å²) in [4.78, 5) is 4.05. The number of ether oxygens (including phenoxy) is 1. The van der Waals surface area contributed by atoms with Crippen LogP contribution in [0.1, 0.15) is 39.3 Å². The van der Waals surface area contributed by atoms with Crippen LogP contribution < -0.4 is 9.46 Å². The molecule has 0 spiro atoms. The first-order valence-corrected chi connectivity index (χ1v) is 7.17. The van der Waals surface area contributed by atoms with Crippen LogP contribution in [0.4, 0.5) is 0 Å². The van der Waals surface area contributed by atoms with E-state index in [9.17, 15) is 8.42 Å². The van der Waals surface area contributed by atoms with Crippen molar-refractivity contribution in [3.8, 4) is 5.88 Å². The van der Waals surface area contributed by atoms with E-state index >= 15 is 0 Å². The summed E-state index contributed by atoms with van der Waals surface area (Å²) in [7, 11) is -1.83. The molecule has 5 nitrogen and oxygen atoms in total. The quantitative estimate of drug-likeness (QED) is 0.908. The first kappa shape index (κ1) is 14.9. The second-order valence-electron chi connectivity index (χ2n) is 5.09. The normalized spacial score (nSPS) is 14.3. The Morgan fingerprint density at radius 2 is 1.94 bits per heavy atom. The van der Waals surface area contributed by atoms with Gasteiger partial charge in [-0.15, -0.1) is 0 Å². The lowest BCUT2D eigenvalue weighted by Crippen LogP contribution is -2.40. The average molecular weight is 272 g/mol. The Morgan fingerprint density at radius 3 is 2.33 bits per heavy atom. The van der Waals surface area contributed by atoms with Crippen LogP contribution in [0.5, 0.6) is 5.88 Å². The maximum atomic E-state index is 12.0. The number of pyridine rings is 1. The van der Waals surface area contributed by atoms with E-state index in [2.05, 4.69) is 9.71 Å². The molecule has 0 fully saturated rings. The van der Waals surface area contributed by atoms with Gasteiger partial charge in [0, 0.05) is 18.3 Å². The van der Waals surface area contributed by atoms with Crippen LogP contribution in [0.3, 0.4) is 0 Å². The highest BCUT2D eigenvalue weighted by molar-refractivity contribution is 7.90. The molecule has 0 amide bonds. The van der Waals surface area contributed by atoms with Gasteiger partial charge in [-0.3, -0.25) is 0 Å². The van der Waals surface area contributed by atoms with E-state index < -0.39 is 14.8 Å². The molecular weight excluding hydrogens is 252 g/mol. The number of nitrogens with one attached hydrogen (secondary N) is 1. The molecule has 0 unspecified atom stereocenters. The molecule has 1 heterocycles. The molecule has 0 aliphatic heterocycles. The molecule has 1 atom stereocenters. The maximum absolute atomic E-state index is 12.0. The van der Waals surface area contributed by atoms with Crippen LogP contribution in [-0.4, -0.2) is 25.3 Å². The number of hydrogen-bond acceptors (Lipinski definition) is 4. The predicted octanol–water partition coefficient (Wildman–Crippen LogP) is 1.87. The summed E-state index contributed by atoms with van der Waals surface area (Å²) < 4.78 is 30.8. The monoisotopic (exact) mass is 272 g/mol. The number of nitrogens with zero attached hydrogens (tertiary/aromatic N) is 1. The molecule has 0 bridgehead atoms. The maximum Gasteiger partial charge on any atom is 0.217 e. The summed E-state index contributed by atoms with van der Waals surface area (Å²) in [5.41, 5.74) is 0.795.